The quantitative estimate of drug-likeness (QED) is 0.0986. The van der Waals surface area contributed by atoms with Gasteiger partial charge in [-0.15, -0.1) is 24.9 Å². The molecule has 1 fully saturated rings. The Balaban J connectivity index is 1.50. The molecule has 0 radical (unpaired) electrons. The van der Waals surface area contributed by atoms with Crippen LogP contribution in [0.2, 0.25) is 0 Å². The minimum Gasteiger partial charge on any atom is -0.465 e. The predicted molar refractivity (Wildman–Crippen MR) is 184 cm³/mol. The van der Waals surface area contributed by atoms with Crippen LogP contribution in [0.4, 0.5) is 26.3 Å². The zero-order chi connectivity index (χ0) is 35.6. The van der Waals surface area contributed by atoms with Gasteiger partial charge in [-0.25, -0.2) is 13.2 Å². The second-order valence-electron chi connectivity index (χ2n) is 13.6. The maximum Gasteiger partial charge on any atom is 0.573 e. The van der Waals surface area contributed by atoms with E-state index in [1.165, 1.54) is 50.7 Å². The molecule has 272 valence electrons. The predicted octanol–water partition coefficient (Wildman–Crippen LogP) is 12.7. The number of esters is 1. The summed E-state index contributed by atoms with van der Waals surface area (Å²) in [6.07, 6.45) is 10.3. The van der Waals surface area contributed by atoms with Crippen LogP contribution in [0.3, 0.4) is 0 Å². The lowest BCUT2D eigenvalue weighted by molar-refractivity contribution is -0.275. The van der Waals surface area contributed by atoms with Gasteiger partial charge in [0.2, 0.25) is 0 Å². The number of thioether (sulfide) groups is 1. The van der Waals surface area contributed by atoms with Gasteiger partial charge in [-0.2, -0.15) is 0 Å². The van der Waals surface area contributed by atoms with Crippen molar-refractivity contribution in [1.82, 2.24) is 0 Å². The number of unbranched alkanes of at least 4 members (excludes halogenated alkanes) is 1. The number of hydrogen-bond donors (Lipinski definition) is 0. The second kappa shape index (κ2) is 18.6. The molecule has 0 heterocycles. The van der Waals surface area contributed by atoms with Crippen molar-refractivity contribution < 1.29 is 40.6 Å². The summed E-state index contributed by atoms with van der Waals surface area (Å²) >= 11 is 0.730. The Morgan fingerprint density at radius 1 is 0.878 bits per heavy atom. The van der Waals surface area contributed by atoms with Crippen LogP contribution in [0, 0.1) is 41.1 Å². The molecule has 0 spiro atoms. The number of alkyl halides is 3. The molecule has 2 aliphatic rings. The van der Waals surface area contributed by atoms with Gasteiger partial charge in [0.25, 0.3) is 0 Å². The summed E-state index contributed by atoms with van der Waals surface area (Å²) in [5.41, 5.74) is 0.455. The fourth-order valence-corrected chi connectivity index (χ4v) is 8.44. The van der Waals surface area contributed by atoms with E-state index in [9.17, 15) is 18.0 Å². The molecule has 0 bridgehead atoms. The largest absolute Gasteiger partial charge is 0.573 e. The third-order valence-electron chi connectivity index (χ3n) is 10.3. The number of ether oxygens (including phenoxy) is 2. The van der Waals surface area contributed by atoms with Gasteiger partial charge in [-0.1, -0.05) is 83.9 Å². The molecule has 10 heteroatoms. The normalized spacial score (nSPS) is 20.5. The van der Waals surface area contributed by atoms with Crippen LogP contribution in [0.5, 0.6) is 5.75 Å². The Morgan fingerprint density at radius 2 is 1.57 bits per heavy atom. The number of benzene rings is 2. The van der Waals surface area contributed by atoms with Gasteiger partial charge >= 0.3 is 12.3 Å². The smallest absolute Gasteiger partial charge is 0.465 e. The van der Waals surface area contributed by atoms with Crippen molar-refractivity contribution in [2.45, 2.75) is 122 Å². The van der Waals surface area contributed by atoms with Crippen LogP contribution in [-0.4, -0.2) is 24.7 Å². The Hall–Kier alpha value is -2.62. The zero-order valence-electron chi connectivity index (χ0n) is 28.9. The van der Waals surface area contributed by atoms with Gasteiger partial charge < -0.3 is 9.47 Å². The number of allylic oxidation sites excluding steroid dienone is 2. The van der Waals surface area contributed by atoms with Crippen LogP contribution in [0.1, 0.15) is 116 Å². The fourth-order valence-electron chi connectivity index (χ4n) is 7.40. The van der Waals surface area contributed by atoms with Crippen LogP contribution in [0.25, 0.3) is 16.7 Å². The summed E-state index contributed by atoms with van der Waals surface area (Å²) in [6.45, 7) is 6.57. The lowest BCUT2D eigenvalue weighted by atomic mass is 9.70. The van der Waals surface area contributed by atoms with Gasteiger partial charge in [0.1, 0.15) is 0 Å². The zero-order valence-corrected chi connectivity index (χ0v) is 29.7. The van der Waals surface area contributed by atoms with Crippen molar-refractivity contribution in [3.63, 3.8) is 0 Å². The molecular weight excluding hydrogens is 662 g/mol. The van der Waals surface area contributed by atoms with Gasteiger partial charge in [-0.05, 0) is 79.9 Å². The summed E-state index contributed by atoms with van der Waals surface area (Å²) < 4.78 is 95.4. The van der Waals surface area contributed by atoms with Crippen molar-refractivity contribution in [2.75, 3.05) is 12.4 Å². The van der Waals surface area contributed by atoms with Gasteiger partial charge in [-0.3, -0.25) is 4.79 Å². The third-order valence-corrected chi connectivity index (χ3v) is 11.4. The SMILES string of the molecule is CCCCC(CC)COC(=O)CCSc1c(-c2ccc(C3=CCC(C4CCC(CCC)CC4)CC3)c(F)c2F)ccc(OC(F)(F)F)c1F. The molecule has 0 N–H and O–H groups in total. The van der Waals surface area contributed by atoms with Gasteiger partial charge in [0.15, 0.2) is 23.2 Å². The number of carbonyl (C=O) groups excluding carboxylic acids is 1. The highest BCUT2D eigenvalue weighted by atomic mass is 32.2. The Morgan fingerprint density at radius 3 is 2.20 bits per heavy atom. The molecular formula is C39H50F6O3S. The highest BCUT2D eigenvalue weighted by Crippen LogP contribution is 2.44. The standard InChI is InChI=1S/C39H50F6O3S/c1-4-7-9-25(6-3)24-47-34(46)22-23-49-38-32(20-21-33(37(38)42)48-39(43,44)45)31-19-18-30(35(40)36(31)41)29-16-14-28(15-17-29)27-12-10-26(8-5-2)11-13-27/h16,18-21,25-28H,4-15,17,22-24H2,1-3H3. The number of carbonyl (C=O) groups is 1. The Labute approximate surface area is 291 Å². The molecule has 2 aromatic carbocycles. The number of halogens is 6. The molecule has 0 saturated heterocycles. The molecule has 49 heavy (non-hydrogen) atoms. The average molecular weight is 713 g/mol. The van der Waals surface area contributed by atoms with Crippen molar-refractivity contribution in [2.24, 2.45) is 23.7 Å². The lowest BCUT2D eigenvalue weighted by Crippen LogP contribution is -2.23. The molecule has 1 saturated carbocycles. The van der Waals surface area contributed by atoms with E-state index in [0.717, 1.165) is 73.9 Å². The number of rotatable bonds is 16. The monoisotopic (exact) mass is 712 g/mol. The summed E-state index contributed by atoms with van der Waals surface area (Å²) in [5.74, 6) is -3.10. The van der Waals surface area contributed by atoms with E-state index in [0.29, 0.717) is 18.3 Å². The Kier molecular flexibility index (Phi) is 14.8. The van der Waals surface area contributed by atoms with Crippen LogP contribution < -0.4 is 4.74 Å². The molecule has 3 nitrogen and oxygen atoms in total. The second-order valence-corrected chi connectivity index (χ2v) is 14.7. The van der Waals surface area contributed by atoms with E-state index in [-0.39, 0.29) is 46.3 Å². The summed E-state index contributed by atoms with van der Waals surface area (Å²) in [7, 11) is 0. The summed E-state index contributed by atoms with van der Waals surface area (Å²) in [4.78, 5) is 12.1. The van der Waals surface area contributed by atoms with E-state index < -0.39 is 35.5 Å². The molecule has 2 aliphatic carbocycles. The summed E-state index contributed by atoms with van der Waals surface area (Å²) in [6, 6.07) is 4.64. The highest BCUT2D eigenvalue weighted by molar-refractivity contribution is 7.99. The molecule has 0 amide bonds. The first kappa shape index (κ1) is 39.2. The van der Waals surface area contributed by atoms with E-state index in [4.69, 9.17) is 4.74 Å². The first-order valence-corrected chi connectivity index (χ1v) is 19.0. The van der Waals surface area contributed by atoms with Crippen molar-refractivity contribution in [1.29, 1.82) is 0 Å². The lowest BCUT2D eigenvalue weighted by Gasteiger charge is -2.35. The van der Waals surface area contributed by atoms with Crippen molar-refractivity contribution in [3.05, 3.63) is 53.4 Å². The van der Waals surface area contributed by atoms with Crippen molar-refractivity contribution >= 4 is 23.3 Å². The minimum absolute atomic E-state index is 0.0551. The third kappa shape index (κ3) is 10.9. The van der Waals surface area contributed by atoms with E-state index in [2.05, 4.69) is 18.6 Å². The fraction of sp³-hybridized carbons (Fsp3) is 0.615. The highest BCUT2D eigenvalue weighted by Gasteiger charge is 2.34. The van der Waals surface area contributed by atoms with Crippen molar-refractivity contribution in [3.8, 4) is 16.9 Å². The van der Waals surface area contributed by atoms with Crippen LogP contribution in [0.15, 0.2) is 35.2 Å². The van der Waals surface area contributed by atoms with Gasteiger partial charge in [0.05, 0.1) is 17.9 Å². The first-order chi connectivity index (χ1) is 23.4. The maximum atomic E-state index is 15.8. The molecule has 4 rings (SSSR count). The van der Waals surface area contributed by atoms with E-state index in [1.54, 1.807) is 0 Å². The topological polar surface area (TPSA) is 35.5 Å². The minimum atomic E-state index is -5.16. The molecule has 2 unspecified atom stereocenters. The van der Waals surface area contributed by atoms with Crippen LogP contribution in [-0.2, 0) is 9.53 Å². The van der Waals surface area contributed by atoms with E-state index >= 15 is 13.2 Å². The first-order valence-electron chi connectivity index (χ1n) is 18.0. The molecule has 2 aromatic rings. The average Bonchev–Trinajstić information content (AvgIpc) is 3.08. The molecule has 2 atom stereocenters. The summed E-state index contributed by atoms with van der Waals surface area (Å²) in [5, 5.41) is 0. The Bertz CT molecular complexity index is 1420. The van der Waals surface area contributed by atoms with Gasteiger partial charge in [0, 0.05) is 22.4 Å². The van der Waals surface area contributed by atoms with E-state index in [1.807, 2.05) is 13.0 Å². The molecule has 0 aliphatic heterocycles. The van der Waals surface area contributed by atoms with Crippen LogP contribution >= 0.6 is 11.8 Å². The number of hydrogen-bond acceptors (Lipinski definition) is 4. The molecule has 0 aromatic heterocycles. The maximum absolute atomic E-state index is 15.8.